The van der Waals surface area contributed by atoms with Crippen LogP contribution in [0.4, 0.5) is 10.5 Å². The zero-order chi connectivity index (χ0) is 20.4. The van der Waals surface area contributed by atoms with Gasteiger partial charge in [-0.15, -0.1) is 0 Å². The van der Waals surface area contributed by atoms with Crippen LogP contribution in [0, 0.1) is 0 Å². The summed E-state index contributed by atoms with van der Waals surface area (Å²) in [4.78, 5) is 12.0. The molecule has 152 valence electrons. The quantitative estimate of drug-likeness (QED) is 0.739. The molecule has 1 aromatic carbocycles. The van der Waals surface area contributed by atoms with Gasteiger partial charge in [-0.2, -0.15) is 17.0 Å². The normalized spacial score (nSPS) is 19.0. The number of hydrogen-bond donors (Lipinski definition) is 1. The van der Waals surface area contributed by atoms with E-state index >= 15 is 0 Å². The molecule has 1 fully saturated rings. The van der Waals surface area contributed by atoms with E-state index in [9.17, 15) is 13.2 Å². The van der Waals surface area contributed by atoms with E-state index in [0.717, 1.165) is 10.0 Å². The third-order valence-electron chi connectivity index (χ3n) is 4.31. The second kappa shape index (κ2) is 8.46. The molecule has 0 aromatic heterocycles. The van der Waals surface area contributed by atoms with Crippen LogP contribution < -0.4 is 5.32 Å². The van der Waals surface area contributed by atoms with Gasteiger partial charge < -0.3 is 4.74 Å². The Morgan fingerprint density at radius 2 is 1.78 bits per heavy atom. The lowest BCUT2D eigenvalue weighted by atomic mass is 9.98. The fraction of sp³-hybridized carbons (Fsp3) is 0.611. The van der Waals surface area contributed by atoms with Gasteiger partial charge in [0.15, 0.2) is 0 Å². The molecule has 1 N–H and O–H groups in total. The molecule has 0 spiro atoms. The van der Waals surface area contributed by atoms with Crippen molar-refractivity contribution < 1.29 is 17.9 Å². The van der Waals surface area contributed by atoms with Crippen LogP contribution in [0.2, 0.25) is 0 Å². The number of hydrogen-bond acceptors (Lipinski definition) is 4. The van der Waals surface area contributed by atoms with E-state index in [1.165, 1.54) is 8.61 Å². The second-order valence-corrected chi connectivity index (χ2v) is 10.3. The summed E-state index contributed by atoms with van der Waals surface area (Å²) in [6.45, 7) is 10.9. The van der Waals surface area contributed by atoms with E-state index in [2.05, 4.69) is 21.2 Å². The summed E-state index contributed by atoms with van der Waals surface area (Å²) in [7, 11) is -3.38. The van der Waals surface area contributed by atoms with Crippen molar-refractivity contribution in [1.82, 2.24) is 8.61 Å². The first-order valence-corrected chi connectivity index (χ1v) is 11.2. The lowest BCUT2D eigenvalue weighted by molar-refractivity contribution is 0.0636. The number of likely N-dealkylation sites (N-methyl/N-ethyl adjacent to an activating group) is 2. The second-order valence-electron chi connectivity index (χ2n) is 7.47. The van der Waals surface area contributed by atoms with Crippen LogP contribution in [-0.4, -0.2) is 54.9 Å². The third kappa shape index (κ3) is 5.43. The Labute approximate surface area is 170 Å². The first kappa shape index (κ1) is 22.1. The lowest BCUT2D eigenvalue weighted by Gasteiger charge is -2.38. The molecule has 9 heteroatoms. The van der Waals surface area contributed by atoms with Crippen LogP contribution in [0.3, 0.4) is 0 Å². The number of amides is 1. The van der Waals surface area contributed by atoms with E-state index < -0.39 is 21.9 Å². The highest BCUT2D eigenvalue weighted by atomic mass is 79.9. The minimum atomic E-state index is -3.38. The smallest absolute Gasteiger partial charge is 0.412 e. The highest BCUT2D eigenvalue weighted by molar-refractivity contribution is 9.10. The van der Waals surface area contributed by atoms with Gasteiger partial charge in [-0.05, 0) is 54.4 Å². The van der Waals surface area contributed by atoms with Crippen molar-refractivity contribution in [2.24, 2.45) is 0 Å². The van der Waals surface area contributed by atoms with E-state index in [4.69, 9.17) is 4.74 Å². The van der Waals surface area contributed by atoms with Crippen molar-refractivity contribution in [2.45, 2.75) is 46.1 Å². The summed E-state index contributed by atoms with van der Waals surface area (Å²) in [6.07, 6.45) is -0.519. The maximum absolute atomic E-state index is 12.5. The van der Waals surface area contributed by atoms with Crippen molar-refractivity contribution in [3.05, 3.63) is 28.2 Å². The molecular weight excluding hydrogens is 434 g/mol. The Kier molecular flexibility index (Phi) is 6.94. The Bertz CT molecular complexity index is 772. The molecule has 1 saturated heterocycles. The maximum atomic E-state index is 12.5. The van der Waals surface area contributed by atoms with Crippen LogP contribution in [0.5, 0.6) is 0 Å². The zero-order valence-corrected chi connectivity index (χ0v) is 18.9. The van der Waals surface area contributed by atoms with Crippen molar-refractivity contribution in [3.8, 4) is 0 Å². The van der Waals surface area contributed by atoms with Gasteiger partial charge in [-0.1, -0.05) is 19.9 Å². The summed E-state index contributed by atoms with van der Waals surface area (Å²) >= 11 is 3.49. The predicted molar refractivity (Wildman–Crippen MR) is 110 cm³/mol. The molecular formula is C18H28BrN3O4S. The van der Waals surface area contributed by atoms with Gasteiger partial charge in [0.2, 0.25) is 0 Å². The van der Waals surface area contributed by atoms with E-state index in [0.29, 0.717) is 31.9 Å². The SMILES string of the molecule is CCN1CC(c2ccc(NC(=O)OC(C)(C)C)c(Br)c2)CN(CC)S1(=O)=O. The molecule has 1 amide bonds. The van der Waals surface area contributed by atoms with Crippen molar-refractivity contribution in [3.63, 3.8) is 0 Å². The molecule has 0 aliphatic carbocycles. The fourth-order valence-electron chi connectivity index (χ4n) is 3.00. The van der Waals surface area contributed by atoms with Crippen LogP contribution >= 0.6 is 15.9 Å². The molecule has 1 aliphatic rings. The fourth-order valence-corrected chi connectivity index (χ4v) is 5.21. The monoisotopic (exact) mass is 461 g/mol. The molecule has 0 atom stereocenters. The number of ether oxygens (including phenoxy) is 1. The van der Waals surface area contributed by atoms with Gasteiger partial charge in [0.1, 0.15) is 5.60 Å². The lowest BCUT2D eigenvalue weighted by Crippen LogP contribution is -2.52. The van der Waals surface area contributed by atoms with Crippen LogP contribution in [-0.2, 0) is 14.9 Å². The molecule has 1 aromatic rings. The van der Waals surface area contributed by atoms with Crippen molar-refractivity contribution in [1.29, 1.82) is 0 Å². The number of carbonyl (C=O) groups excluding carboxylic acids is 1. The first-order chi connectivity index (χ1) is 12.5. The first-order valence-electron chi connectivity index (χ1n) is 9.02. The van der Waals surface area contributed by atoms with E-state index in [1.54, 1.807) is 26.8 Å². The van der Waals surface area contributed by atoms with Crippen LogP contribution in [0.25, 0.3) is 0 Å². The average molecular weight is 462 g/mol. The number of carbonyl (C=O) groups is 1. The van der Waals surface area contributed by atoms with Crippen molar-refractivity contribution in [2.75, 3.05) is 31.5 Å². The van der Waals surface area contributed by atoms with Gasteiger partial charge in [0.25, 0.3) is 10.2 Å². The van der Waals surface area contributed by atoms with E-state index in [1.807, 2.05) is 26.0 Å². The highest BCUT2D eigenvalue weighted by Gasteiger charge is 2.37. The third-order valence-corrected chi connectivity index (χ3v) is 7.08. The Morgan fingerprint density at radius 3 is 2.22 bits per heavy atom. The number of nitrogens with zero attached hydrogens (tertiary/aromatic N) is 2. The number of benzene rings is 1. The number of anilines is 1. The predicted octanol–water partition coefficient (Wildman–Crippen LogP) is 3.78. The number of nitrogens with one attached hydrogen (secondary N) is 1. The summed E-state index contributed by atoms with van der Waals surface area (Å²) in [5.74, 6) is 0.0558. The van der Waals surface area contributed by atoms with Crippen LogP contribution in [0.1, 0.15) is 46.1 Å². The molecule has 1 aliphatic heterocycles. The molecule has 0 radical (unpaired) electrons. The summed E-state index contributed by atoms with van der Waals surface area (Å²) in [6, 6.07) is 5.65. The van der Waals surface area contributed by atoms with Gasteiger partial charge in [0, 0.05) is 36.6 Å². The van der Waals surface area contributed by atoms with Crippen LogP contribution in [0.15, 0.2) is 22.7 Å². The molecule has 0 saturated carbocycles. The van der Waals surface area contributed by atoms with Gasteiger partial charge in [0.05, 0.1) is 5.69 Å². The summed E-state index contributed by atoms with van der Waals surface area (Å²) < 4.78 is 34.0. The van der Waals surface area contributed by atoms with E-state index in [-0.39, 0.29) is 5.92 Å². The Morgan fingerprint density at radius 1 is 1.22 bits per heavy atom. The standard InChI is InChI=1S/C18H28BrN3O4S/c1-6-21-11-14(12-22(7-2)27(21,24)25)13-8-9-16(15(19)10-13)20-17(23)26-18(3,4)5/h8-10,14H,6-7,11-12H2,1-5H3,(H,20,23). The minimum Gasteiger partial charge on any atom is -0.444 e. The molecule has 0 bridgehead atoms. The van der Waals surface area contributed by atoms with Crippen molar-refractivity contribution >= 4 is 37.9 Å². The number of halogens is 1. The van der Waals surface area contributed by atoms with Gasteiger partial charge in [-0.3, -0.25) is 5.32 Å². The highest BCUT2D eigenvalue weighted by Crippen LogP contribution is 2.32. The Hall–Kier alpha value is -1.16. The molecule has 7 nitrogen and oxygen atoms in total. The van der Waals surface area contributed by atoms with Gasteiger partial charge >= 0.3 is 6.09 Å². The number of rotatable bonds is 4. The largest absolute Gasteiger partial charge is 0.444 e. The molecule has 1 heterocycles. The maximum Gasteiger partial charge on any atom is 0.412 e. The summed E-state index contributed by atoms with van der Waals surface area (Å²) in [5.41, 5.74) is 1.05. The Balaban J connectivity index is 2.18. The topological polar surface area (TPSA) is 79.0 Å². The van der Waals surface area contributed by atoms with Gasteiger partial charge in [-0.25, -0.2) is 4.79 Å². The zero-order valence-electron chi connectivity index (χ0n) is 16.5. The molecule has 0 unspecified atom stereocenters. The molecule has 27 heavy (non-hydrogen) atoms. The minimum absolute atomic E-state index is 0.0558. The average Bonchev–Trinajstić information content (AvgIpc) is 2.54. The summed E-state index contributed by atoms with van der Waals surface area (Å²) in [5, 5.41) is 2.73. The molecule has 2 rings (SSSR count).